The van der Waals surface area contributed by atoms with Crippen molar-refractivity contribution < 1.29 is 4.39 Å². The molecule has 6 heteroatoms. The van der Waals surface area contributed by atoms with E-state index in [0.29, 0.717) is 24.0 Å². The molecule has 0 fully saturated rings. The second-order valence-corrected chi connectivity index (χ2v) is 8.72. The largest absolute Gasteiger partial charge is 0.293 e. The summed E-state index contributed by atoms with van der Waals surface area (Å²) in [6, 6.07) is 18.1. The van der Waals surface area contributed by atoms with Crippen molar-refractivity contribution in [1.29, 1.82) is 0 Å². The van der Waals surface area contributed by atoms with Crippen LogP contribution in [0, 0.1) is 11.7 Å². The zero-order valence-corrected chi connectivity index (χ0v) is 17.9. The van der Waals surface area contributed by atoms with E-state index in [2.05, 4.69) is 18.7 Å². The number of hydrogen-bond acceptors (Lipinski definition) is 4. The van der Waals surface area contributed by atoms with Gasteiger partial charge in [0.05, 0.1) is 11.4 Å². The molecule has 4 nitrogen and oxygen atoms in total. The zero-order chi connectivity index (χ0) is 21.1. The summed E-state index contributed by atoms with van der Waals surface area (Å²) < 4.78 is 14.9. The minimum atomic E-state index is -0.235. The highest BCUT2D eigenvalue weighted by Gasteiger charge is 2.14. The highest BCUT2D eigenvalue weighted by molar-refractivity contribution is 7.15. The van der Waals surface area contributed by atoms with Gasteiger partial charge in [-0.3, -0.25) is 14.1 Å². The Bertz CT molecular complexity index is 1180. The third-order valence-electron chi connectivity index (χ3n) is 4.86. The second kappa shape index (κ2) is 8.90. The molecule has 0 N–H and O–H groups in total. The summed E-state index contributed by atoms with van der Waals surface area (Å²) in [5.74, 6) is 0.225. The first-order valence-electron chi connectivity index (χ1n) is 10.0. The first-order chi connectivity index (χ1) is 14.5. The number of benzene rings is 2. The van der Waals surface area contributed by atoms with Gasteiger partial charge in [-0.1, -0.05) is 56.3 Å². The van der Waals surface area contributed by atoms with Crippen molar-refractivity contribution in [3.8, 4) is 11.3 Å². The molecule has 0 saturated carbocycles. The topological polar surface area (TPSA) is 37.6 Å². The molecule has 154 valence electrons. The predicted molar refractivity (Wildman–Crippen MR) is 120 cm³/mol. The van der Waals surface area contributed by atoms with Gasteiger partial charge in [0.25, 0.3) is 5.56 Å². The van der Waals surface area contributed by atoms with Crippen LogP contribution in [0.15, 0.2) is 70.8 Å². The standard InChI is InChI=1S/C24H24FN3OS/c1-17(2)13-27(14-18-8-10-20(25)11-9-18)15-21-12-23(29)28-22(16-30-24(28)26-21)19-6-4-3-5-7-19/h3-12,16-17H,13-15H2,1-2H3. The Labute approximate surface area is 179 Å². The zero-order valence-electron chi connectivity index (χ0n) is 17.1. The van der Waals surface area contributed by atoms with E-state index in [0.717, 1.165) is 29.1 Å². The fourth-order valence-corrected chi connectivity index (χ4v) is 4.56. The fraction of sp³-hybridized carbons (Fsp3) is 0.250. The van der Waals surface area contributed by atoms with Crippen LogP contribution in [0.5, 0.6) is 0 Å². The quantitative estimate of drug-likeness (QED) is 0.411. The Morgan fingerprint density at radius 3 is 2.50 bits per heavy atom. The van der Waals surface area contributed by atoms with Crippen molar-refractivity contribution in [3.63, 3.8) is 0 Å². The molecule has 0 atom stereocenters. The molecule has 2 heterocycles. The lowest BCUT2D eigenvalue weighted by molar-refractivity contribution is 0.225. The first-order valence-corrected chi connectivity index (χ1v) is 10.9. The lowest BCUT2D eigenvalue weighted by Crippen LogP contribution is -2.28. The second-order valence-electron chi connectivity index (χ2n) is 7.88. The Balaban J connectivity index is 1.62. The highest BCUT2D eigenvalue weighted by atomic mass is 32.1. The monoisotopic (exact) mass is 421 g/mol. The van der Waals surface area contributed by atoms with Crippen LogP contribution in [-0.2, 0) is 13.1 Å². The molecule has 0 aliphatic rings. The molecule has 0 bridgehead atoms. The van der Waals surface area contributed by atoms with E-state index in [1.165, 1.54) is 23.5 Å². The molecule has 4 aromatic rings. The van der Waals surface area contributed by atoms with Crippen LogP contribution in [0.4, 0.5) is 4.39 Å². The number of aromatic nitrogens is 2. The minimum absolute atomic E-state index is 0.0682. The highest BCUT2D eigenvalue weighted by Crippen LogP contribution is 2.24. The van der Waals surface area contributed by atoms with Crippen LogP contribution in [0.3, 0.4) is 0 Å². The van der Waals surface area contributed by atoms with Crippen LogP contribution in [0.2, 0.25) is 0 Å². The molecule has 2 aromatic carbocycles. The van der Waals surface area contributed by atoms with E-state index in [-0.39, 0.29) is 11.4 Å². The first kappa shape index (κ1) is 20.4. The molecule has 2 aromatic heterocycles. The minimum Gasteiger partial charge on any atom is -0.293 e. The summed E-state index contributed by atoms with van der Waals surface area (Å²) in [6.07, 6.45) is 0. The SMILES string of the molecule is CC(C)CN(Cc1ccc(F)cc1)Cc1cc(=O)n2c(-c3ccccc3)csc2n1. The van der Waals surface area contributed by atoms with Gasteiger partial charge in [0.1, 0.15) is 5.82 Å². The number of hydrogen-bond donors (Lipinski definition) is 0. The number of nitrogens with zero attached hydrogens (tertiary/aromatic N) is 3. The van der Waals surface area contributed by atoms with Crippen LogP contribution in [-0.4, -0.2) is 20.8 Å². The van der Waals surface area contributed by atoms with Gasteiger partial charge in [-0.25, -0.2) is 9.37 Å². The summed E-state index contributed by atoms with van der Waals surface area (Å²) in [5, 5.41) is 1.98. The van der Waals surface area contributed by atoms with Crippen LogP contribution < -0.4 is 5.56 Å². The molecule has 0 aliphatic carbocycles. The molecule has 4 rings (SSSR count). The molecule has 0 amide bonds. The van der Waals surface area contributed by atoms with Gasteiger partial charge in [-0.15, -0.1) is 11.3 Å². The van der Waals surface area contributed by atoms with Gasteiger partial charge < -0.3 is 0 Å². The molecule has 0 unspecified atom stereocenters. The van der Waals surface area contributed by atoms with Crippen LogP contribution in [0.1, 0.15) is 25.1 Å². The number of halogens is 1. The van der Waals surface area contributed by atoms with E-state index in [1.54, 1.807) is 22.6 Å². The van der Waals surface area contributed by atoms with Gasteiger partial charge >= 0.3 is 0 Å². The summed E-state index contributed by atoms with van der Waals surface area (Å²) in [4.78, 5) is 20.6. The van der Waals surface area contributed by atoms with Gasteiger partial charge in [0.2, 0.25) is 0 Å². The van der Waals surface area contributed by atoms with E-state index in [9.17, 15) is 9.18 Å². The Hall–Kier alpha value is -2.83. The Kier molecular flexibility index (Phi) is 6.06. The molecular formula is C24H24FN3OS. The Morgan fingerprint density at radius 1 is 1.07 bits per heavy atom. The summed E-state index contributed by atoms with van der Waals surface area (Å²) in [6.45, 7) is 6.43. The van der Waals surface area contributed by atoms with Crippen molar-refractivity contribution in [2.24, 2.45) is 5.92 Å². The van der Waals surface area contributed by atoms with Crippen molar-refractivity contribution in [3.05, 3.63) is 93.5 Å². The lowest BCUT2D eigenvalue weighted by Gasteiger charge is -2.24. The lowest BCUT2D eigenvalue weighted by atomic mass is 10.1. The molecule has 0 spiro atoms. The maximum atomic E-state index is 13.2. The van der Waals surface area contributed by atoms with Crippen LogP contribution >= 0.6 is 11.3 Å². The maximum Gasteiger partial charge on any atom is 0.259 e. The van der Waals surface area contributed by atoms with Crippen LogP contribution in [0.25, 0.3) is 16.2 Å². The van der Waals surface area contributed by atoms with Crippen molar-refractivity contribution in [2.45, 2.75) is 26.9 Å². The third kappa shape index (κ3) is 4.66. The molecular weight excluding hydrogens is 397 g/mol. The Morgan fingerprint density at radius 2 is 1.80 bits per heavy atom. The maximum absolute atomic E-state index is 13.2. The summed E-state index contributed by atoms with van der Waals surface area (Å²) in [5.41, 5.74) is 3.59. The molecule has 0 aliphatic heterocycles. The fourth-order valence-electron chi connectivity index (χ4n) is 3.63. The molecule has 30 heavy (non-hydrogen) atoms. The predicted octanol–water partition coefficient (Wildman–Crippen LogP) is 5.22. The van der Waals surface area contributed by atoms with E-state index < -0.39 is 0 Å². The average Bonchev–Trinajstić information content (AvgIpc) is 3.14. The van der Waals surface area contributed by atoms with Gasteiger partial charge in [-0.05, 0) is 29.2 Å². The number of thiazole rings is 1. The van der Waals surface area contributed by atoms with Crippen molar-refractivity contribution >= 4 is 16.3 Å². The van der Waals surface area contributed by atoms with Crippen molar-refractivity contribution in [2.75, 3.05) is 6.54 Å². The van der Waals surface area contributed by atoms with Gasteiger partial charge in [0, 0.05) is 31.1 Å². The number of fused-ring (bicyclic) bond motifs is 1. The van der Waals surface area contributed by atoms with Gasteiger partial charge in [-0.2, -0.15) is 0 Å². The average molecular weight is 422 g/mol. The van der Waals surface area contributed by atoms with Gasteiger partial charge in [0.15, 0.2) is 4.96 Å². The normalized spacial score (nSPS) is 11.6. The summed E-state index contributed by atoms with van der Waals surface area (Å²) in [7, 11) is 0. The smallest absolute Gasteiger partial charge is 0.259 e. The third-order valence-corrected chi connectivity index (χ3v) is 5.68. The van der Waals surface area contributed by atoms with Crippen molar-refractivity contribution in [1.82, 2.24) is 14.3 Å². The van der Waals surface area contributed by atoms with E-state index >= 15 is 0 Å². The number of rotatable bonds is 7. The molecule has 0 saturated heterocycles. The van der Waals surface area contributed by atoms with E-state index in [4.69, 9.17) is 4.98 Å². The van der Waals surface area contributed by atoms with E-state index in [1.807, 2.05) is 35.7 Å². The molecule has 0 radical (unpaired) electrons. The summed E-state index contributed by atoms with van der Waals surface area (Å²) >= 11 is 1.48.